The lowest BCUT2D eigenvalue weighted by atomic mass is 10.1. The lowest BCUT2D eigenvalue weighted by molar-refractivity contribution is 0.775. The molecule has 4 nitrogen and oxygen atoms in total. The van der Waals surface area contributed by atoms with E-state index in [2.05, 4.69) is 48.3 Å². The molecule has 0 amide bonds. The van der Waals surface area contributed by atoms with Gasteiger partial charge in [-0.2, -0.15) is 0 Å². The van der Waals surface area contributed by atoms with Crippen molar-refractivity contribution in [2.24, 2.45) is 7.05 Å². The van der Waals surface area contributed by atoms with Gasteiger partial charge in [0.15, 0.2) is 0 Å². The van der Waals surface area contributed by atoms with E-state index in [1.54, 1.807) is 6.08 Å². The van der Waals surface area contributed by atoms with E-state index >= 15 is 0 Å². The Kier molecular flexibility index (Phi) is 4.97. The molecule has 0 aliphatic rings. The van der Waals surface area contributed by atoms with Crippen LogP contribution in [0.15, 0.2) is 55.3 Å². The summed E-state index contributed by atoms with van der Waals surface area (Å²) in [6, 6.07) is 9.91. The largest absolute Gasteiger partial charge is 0.331 e. The fourth-order valence-corrected chi connectivity index (χ4v) is 3.63. The quantitative estimate of drug-likeness (QED) is 0.426. The van der Waals surface area contributed by atoms with Crippen LogP contribution < -0.4 is 0 Å². The van der Waals surface area contributed by atoms with Crippen LogP contribution >= 0.6 is 11.6 Å². The van der Waals surface area contributed by atoms with Gasteiger partial charge in [-0.15, -0.1) is 0 Å². The predicted octanol–water partition coefficient (Wildman–Crippen LogP) is 5.46. The Morgan fingerprint density at radius 1 is 1.11 bits per heavy atom. The van der Waals surface area contributed by atoms with Gasteiger partial charge in [0.05, 0.1) is 27.3 Å². The van der Waals surface area contributed by atoms with Crippen LogP contribution in [0.1, 0.15) is 22.6 Å². The summed E-state index contributed by atoms with van der Waals surface area (Å²) in [6.07, 6.45) is 9.15. The molecule has 0 saturated carbocycles. The zero-order valence-electron chi connectivity index (χ0n) is 16.0. The second-order valence-electron chi connectivity index (χ2n) is 6.81. The van der Waals surface area contributed by atoms with Crippen molar-refractivity contribution >= 4 is 39.7 Å². The Hall–Kier alpha value is -2.98. The van der Waals surface area contributed by atoms with Crippen LogP contribution in [0.3, 0.4) is 0 Å². The Morgan fingerprint density at radius 2 is 1.96 bits per heavy atom. The van der Waals surface area contributed by atoms with Gasteiger partial charge in [-0.05, 0) is 37.1 Å². The zero-order chi connectivity index (χ0) is 19.7. The number of fused-ring (bicyclic) bond motifs is 2. The van der Waals surface area contributed by atoms with Crippen LogP contribution in [0.2, 0.25) is 5.02 Å². The number of benzene rings is 2. The fourth-order valence-electron chi connectivity index (χ4n) is 3.42. The molecule has 0 aliphatic carbocycles. The Bertz CT molecular complexity index is 1220. The molecule has 28 heavy (non-hydrogen) atoms. The average Bonchev–Trinajstić information content (AvgIpc) is 3.02. The number of allylic oxidation sites excluding steroid dienone is 2. The molecule has 0 unspecified atom stereocenters. The summed E-state index contributed by atoms with van der Waals surface area (Å²) in [5, 5.41) is 0.628. The van der Waals surface area contributed by atoms with E-state index in [4.69, 9.17) is 21.6 Å². The Balaban J connectivity index is 1.67. The summed E-state index contributed by atoms with van der Waals surface area (Å²) in [6.45, 7) is 5.87. The number of rotatable bonds is 5. The van der Waals surface area contributed by atoms with Gasteiger partial charge >= 0.3 is 0 Å². The monoisotopic (exact) mass is 388 g/mol. The summed E-state index contributed by atoms with van der Waals surface area (Å²) in [7, 11) is 2.06. The molecule has 0 spiro atoms. The third kappa shape index (κ3) is 3.32. The highest BCUT2D eigenvalue weighted by Crippen LogP contribution is 2.25. The molecular formula is C23H21ClN4. The number of para-hydroxylation sites is 1. The number of hydrogen-bond acceptors (Lipinski definition) is 3. The molecule has 0 fully saturated rings. The first-order valence-corrected chi connectivity index (χ1v) is 9.60. The summed E-state index contributed by atoms with van der Waals surface area (Å²) in [5.41, 5.74) is 6.95. The Labute approximate surface area is 169 Å². The van der Waals surface area contributed by atoms with Crippen LogP contribution in [0, 0.1) is 6.92 Å². The molecule has 0 atom stereocenters. The van der Waals surface area contributed by atoms with Crippen molar-refractivity contribution in [2.75, 3.05) is 0 Å². The molecule has 140 valence electrons. The molecule has 5 heteroatoms. The zero-order valence-corrected chi connectivity index (χ0v) is 16.7. The highest BCUT2D eigenvalue weighted by Gasteiger charge is 2.13. The van der Waals surface area contributed by atoms with Crippen LogP contribution in [0.5, 0.6) is 0 Å². The van der Waals surface area contributed by atoms with E-state index in [0.29, 0.717) is 5.02 Å². The van der Waals surface area contributed by atoms with E-state index in [0.717, 1.165) is 52.0 Å². The van der Waals surface area contributed by atoms with Crippen molar-refractivity contribution in [1.82, 2.24) is 19.5 Å². The first-order valence-electron chi connectivity index (χ1n) is 9.22. The van der Waals surface area contributed by atoms with Gasteiger partial charge in [0.25, 0.3) is 0 Å². The van der Waals surface area contributed by atoms with Crippen molar-refractivity contribution in [3.05, 3.63) is 82.9 Å². The van der Waals surface area contributed by atoms with Gasteiger partial charge < -0.3 is 4.57 Å². The molecule has 2 aromatic heterocycles. The van der Waals surface area contributed by atoms with E-state index in [9.17, 15) is 0 Å². The molecule has 4 rings (SSSR count). The van der Waals surface area contributed by atoms with Gasteiger partial charge in [0.2, 0.25) is 0 Å². The highest BCUT2D eigenvalue weighted by molar-refractivity contribution is 6.34. The standard InChI is InChI=1S/C23H21ClN4/c1-4-5-7-17-15(2)10-12-20-22(17)27-21(28(20)3)13-11-16-14-25-19-9-6-8-18(24)23(19)26-16/h4-10,12,14H,1,11,13H2,2-3H3/b7-5-. The van der Waals surface area contributed by atoms with Crippen molar-refractivity contribution in [1.29, 1.82) is 0 Å². The lowest BCUT2D eigenvalue weighted by Crippen LogP contribution is -2.02. The smallest absolute Gasteiger partial charge is 0.110 e. The first-order chi connectivity index (χ1) is 13.6. The van der Waals surface area contributed by atoms with E-state index < -0.39 is 0 Å². The number of aryl methyl sites for hydroxylation is 4. The van der Waals surface area contributed by atoms with Gasteiger partial charge in [-0.25, -0.2) is 9.97 Å². The molecule has 0 radical (unpaired) electrons. The minimum absolute atomic E-state index is 0.628. The minimum atomic E-state index is 0.628. The van der Waals surface area contributed by atoms with Crippen molar-refractivity contribution < 1.29 is 0 Å². The number of hydrogen-bond donors (Lipinski definition) is 0. The topological polar surface area (TPSA) is 43.6 Å². The van der Waals surface area contributed by atoms with Crippen LogP contribution in [0.25, 0.3) is 28.1 Å². The van der Waals surface area contributed by atoms with Gasteiger partial charge in [0, 0.05) is 25.2 Å². The van der Waals surface area contributed by atoms with Crippen LogP contribution in [0.4, 0.5) is 0 Å². The summed E-state index contributed by atoms with van der Waals surface area (Å²) in [5.74, 6) is 1.02. The van der Waals surface area contributed by atoms with Crippen LogP contribution in [-0.2, 0) is 19.9 Å². The summed E-state index contributed by atoms with van der Waals surface area (Å²) < 4.78 is 2.15. The van der Waals surface area contributed by atoms with Gasteiger partial charge in [-0.1, -0.05) is 48.5 Å². The average molecular weight is 389 g/mol. The first kappa shape index (κ1) is 18.4. The third-order valence-electron chi connectivity index (χ3n) is 4.98. The Morgan fingerprint density at radius 3 is 2.79 bits per heavy atom. The SMILES string of the molecule is C=C/C=C\c1c(C)ccc2c1nc(CCc1cnc3cccc(Cl)c3n1)n2C. The number of nitrogens with zero attached hydrogens (tertiary/aromatic N) is 4. The maximum Gasteiger partial charge on any atom is 0.110 e. The lowest BCUT2D eigenvalue weighted by Gasteiger charge is -2.05. The molecular weight excluding hydrogens is 368 g/mol. The maximum atomic E-state index is 6.27. The second-order valence-corrected chi connectivity index (χ2v) is 7.22. The highest BCUT2D eigenvalue weighted by atomic mass is 35.5. The molecule has 2 heterocycles. The van der Waals surface area contributed by atoms with E-state index in [-0.39, 0.29) is 0 Å². The van der Waals surface area contributed by atoms with Gasteiger partial charge in [-0.3, -0.25) is 4.98 Å². The number of halogens is 1. The van der Waals surface area contributed by atoms with E-state index in [1.165, 1.54) is 5.56 Å². The summed E-state index contributed by atoms with van der Waals surface area (Å²) >= 11 is 6.27. The molecule has 0 aliphatic heterocycles. The number of imidazole rings is 1. The van der Waals surface area contributed by atoms with Gasteiger partial charge in [0.1, 0.15) is 11.3 Å². The third-order valence-corrected chi connectivity index (χ3v) is 5.29. The van der Waals surface area contributed by atoms with Crippen molar-refractivity contribution in [2.45, 2.75) is 19.8 Å². The predicted molar refractivity (Wildman–Crippen MR) is 117 cm³/mol. The molecule has 2 aromatic carbocycles. The molecule has 0 bridgehead atoms. The molecule has 0 N–H and O–H groups in total. The second kappa shape index (κ2) is 7.56. The fraction of sp³-hybridized carbons (Fsp3) is 0.174. The van der Waals surface area contributed by atoms with Crippen molar-refractivity contribution in [3.8, 4) is 0 Å². The van der Waals surface area contributed by atoms with E-state index in [1.807, 2.05) is 30.5 Å². The molecule has 0 saturated heterocycles. The molecule has 4 aromatic rings. The summed E-state index contributed by atoms with van der Waals surface area (Å²) in [4.78, 5) is 14.1. The normalized spacial score (nSPS) is 11.7. The minimum Gasteiger partial charge on any atom is -0.331 e. The maximum absolute atomic E-state index is 6.27. The van der Waals surface area contributed by atoms with Crippen LogP contribution in [-0.4, -0.2) is 19.5 Å². The van der Waals surface area contributed by atoms with Crippen molar-refractivity contribution in [3.63, 3.8) is 0 Å². The number of aromatic nitrogens is 4.